The van der Waals surface area contributed by atoms with E-state index in [9.17, 15) is 18.0 Å². The van der Waals surface area contributed by atoms with E-state index in [1.165, 1.54) is 4.90 Å². The highest BCUT2D eigenvalue weighted by Crippen LogP contribution is 2.38. The van der Waals surface area contributed by atoms with Crippen LogP contribution in [0.2, 0.25) is 0 Å². The van der Waals surface area contributed by atoms with E-state index in [2.05, 4.69) is 13.8 Å². The van der Waals surface area contributed by atoms with Crippen LogP contribution in [0.4, 0.5) is 0 Å². The molecule has 0 aromatic carbocycles. The van der Waals surface area contributed by atoms with Gasteiger partial charge in [0.15, 0.2) is 9.84 Å². The monoisotopic (exact) mass is 316 g/mol. The maximum atomic E-state index is 12.3. The van der Waals surface area contributed by atoms with Gasteiger partial charge < -0.3 is 9.80 Å². The molecule has 0 aromatic rings. The SMILES string of the molecule is CC(C)CCC(=O)N1CCC2(CC1)N(C)C(=O)CS2(=O)=O. The summed E-state index contributed by atoms with van der Waals surface area (Å²) in [5.41, 5.74) is 0. The number of carbonyl (C=O) groups is 2. The van der Waals surface area contributed by atoms with Gasteiger partial charge in [-0.05, 0) is 12.3 Å². The van der Waals surface area contributed by atoms with Gasteiger partial charge in [-0.25, -0.2) is 8.42 Å². The zero-order valence-corrected chi connectivity index (χ0v) is 13.8. The lowest BCUT2D eigenvalue weighted by molar-refractivity contribution is -0.134. The zero-order chi connectivity index (χ0) is 15.8. The average Bonchev–Trinajstić information content (AvgIpc) is 2.57. The Bertz CT molecular complexity index is 533. The Morgan fingerprint density at radius 3 is 2.29 bits per heavy atom. The largest absolute Gasteiger partial charge is 0.342 e. The first-order chi connectivity index (χ1) is 9.69. The van der Waals surface area contributed by atoms with Crippen molar-refractivity contribution < 1.29 is 18.0 Å². The van der Waals surface area contributed by atoms with Gasteiger partial charge in [0.2, 0.25) is 11.8 Å². The van der Waals surface area contributed by atoms with Crippen LogP contribution in [0.1, 0.15) is 39.5 Å². The van der Waals surface area contributed by atoms with Crippen molar-refractivity contribution in [1.29, 1.82) is 0 Å². The van der Waals surface area contributed by atoms with Gasteiger partial charge in [0, 0.05) is 39.4 Å². The van der Waals surface area contributed by atoms with Gasteiger partial charge in [0.05, 0.1) is 0 Å². The Morgan fingerprint density at radius 2 is 1.86 bits per heavy atom. The molecule has 7 heteroatoms. The third-order valence-electron chi connectivity index (χ3n) is 4.71. The number of amides is 2. The molecule has 0 aliphatic carbocycles. The normalized spacial score (nSPS) is 24.1. The van der Waals surface area contributed by atoms with E-state index in [0.29, 0.717) is 38.3 Å². The molecular weight excluding hydrogens is 292 g/mol. The number of carbonyl (C=O) groups excluding carboxylic acids is 2. The molecule has 2 fully saturated rings. The summed E-state index contributed by atoms with van der Waals surface area (Å²) in [5.74, 6) is -0.174. The minimum Gasteiger partial charge on any atom is -0.342 e. The van der Waals surface area contributed by atoms with Crippen molar-refractivity contribution in [3.63, 3.8) is 0 Å². The first-order valence-corrected chi connectivity index (χ1v) is 9.11. The van der Waals surface area contributed by atoms with Crippen LogP contribution < -0.4 is 0 Å². The summed E-state index contributed by atoms with van der Waals surface area (Å²) in [6.07, 6.45) is 2.00. The van der Waals surface area contributed by atoms with Crippen LogP contribution in [-0.2, 0) is 19.4 Å². The van der Waals surface area contributed by atoms with Gasteiger partial charge in [0.25, 0.3) is 0 Å². The molecule has 0 unspecified atom stereocenters. The quantitative estimate of drug-likeness (QED) is 0.765. The summed E-state index contributed by atoms with van der Waals surface area (Å²) in [4.78, 5) is 25.9. The lowest BCUT2D eigenvalue weighted by atomic mass is 10.0. The maximum Gasteiger partial charge on any atom is 0.238 e. The van der Waals surface area contributed by atoms with Gasteiger partial charge in [-0.2, -0.15) is 0 Å². The summed E-state index contributed by atoms with van der Waals surface area (Å²) in [7, 11) is -1.89. The molecule has 0 atom stereocenters. The molecule has 2 rings (SSSR count). The van der Waals surface area contributed by atoms with Crippen LogP contribution in [0.15, 0.2) is 0 Å². The second-order valence-electron chi connectivity index (χ2n) is 6.47. The summed E-state index contributed by atoms with van der Waals surface area (Å²) < 4.78 is 24.6. The number of hydrogen-bond donors (Lipinski definition) is 0. The van der Waals surface area contributed by atoms with E-state index in [4.69, 9.17) is 0 Å². The van der Waals surface area contributed by atoms with E-state index in [1.54, 1.807) is 11.9 Å². The van der Waals surface area contributed by atoms with Crippen LogP contribution in [-0.4, -0.2) is 60.8 Å². The number of rotatable bonds is 3. The standard InChI is InChI=1S/C14H24N2O4S/c1-11(2)4-5-12(17)16-8-6-14(7-9-16)15(3)13(18)10-21(14,19)20/h11H,4-10H2,1-3H3. The zero-order valence-electron chi connectivity index (χ0n) is 13.0. The summed E-state index contributed by atoms with van der Waals surface area (Å²) in [6, 6.07) is 0. The summed E-state index contributed by atoms with van der Waals surface area (Å²) in [6.45, 7) is 4.97. The molecular formula is C14H24N2O4S. The minimum absolute atomic E-state index is 0.0860. The smallest absolute Gasteiger partial charge is 0.238 e. The van der Waals surface area contributed by atoms with Gasteiger partial charge in [0.1, 0.15) is 10.6 Å². The number of hydrogen-bond acceptors (Lipinski definition) is 4. The predicted molar refractivity (Wildman–Crippen MR) is 79.2 cm³/mol. The van der Waals surface area contributed by atoms with Gasteiger partial charge in [-0.15, -0.1) is 0 Å². The molecule has 1 spiro atoms. The molecule has 0 radical (unpaired) electrons. The Balaban J connectivity index is 2.03. The van der Waals surface area contributed by atoms with Crippen molar-refractivity contribution >= 4 is 21.7 Å². The molecule has 2 aliphatic rings. The van der Waals surface area contributed by atoms with Crippen molar-refractivity contribution in [2.24, 2.45) is 5.92 Å². The number of likely N-dealkylation sites (tertiary alicyclic amines) is 1. The molecule has 0 bridgehead atoms. The first-order valence-electron chi connectivity index (χ1n) is 7.46. The van der Waals surface area contributed by atoms with E-state index < -0.39 is 20.5 Å². The highest BCUT2D eigenvalue weighted by atomic mass is 32.2. The minimum atomic E-state index is -3.44. The van der Waals surface area contributed by atoms with Crippen molar-refractivity contribution in [3.8, 4) is 0 Å². The fourth-order valence-electron chi connectivity index (χ4n) is 3.15. The highest BCUT2D eigenvalue weighted by Gasteiger charge is 2.56. The topological polar surface area (TPSA) is 74.8 Å². The van der Waals surface area contributed by atoms with Crippen molar-refractivity contribution in [2.75, 3.05) is 25.9 Å². The lowest BCUT2D eigenvalue weighted by Crippen LogP contribution is -2.55. The Hall–Kier alpha value is -1.11. The van der Waals surface area contributed by atoms with E-state index in [-0.39, 0.29) is 11.8 Å². The molecule has 0 saturated carbocycles. The van der Waals surface area contributed by atoms with Gasteiger partial charge >= 0.3 is 0 Å². The van der Waals surface area contributed by atoms with Crippen molar-refractivity contribution in [3.05, 3.63) is 0 Å². The summed E-state index contributed by atoms with van der Waals surface area (Å²) in [5, 5.41) is 0. The van der Waals surface area contributed by atoms with Crippen LogP contribution in [0, 0.1) is 5.92 Å². The Kier molecular flexibility index (Phi) is 4.33. The molecule has 0 N–H and O–H groups in total. The number of nitrogens with zero attached hydrogens (tertiary/aromatic N) is 2. The second kappa shape index (κ2) is 5.59. The molecule has 2 amide bonds. The first kappa shape index (κ1) is 16.3. The van der Waals surface area contributed by atoms with Crippen LogP contribution >= 0.6 is 0 Å². The van der Waals surface area contributed by atoms with Gasteiger partial charge in [-0.1, -0.05) is 13.8 Å². The summed E-state index contributed by atoms with van der Waals surface area (Å²) >= 11 is 0. The third-order valence-corrected chi connectivity index (χ3v) is 7.18. The predicted octanol–water partition coefficient (Wildman–Crippen LogP) is 0.628. The van der Waals surface area contributed by atoms with Crippen LogP contribution in [0.5, 0.6) is 0 Å². The number of sulfone groups is 1. The lowest BCUT2D eigenvalue weighted by Gasteiger charge is -2.42. The highest BCUT2D eigenvalue weighted by molar-refractivity contribution is 7.93. The number of piperidine rings is 1. The molecule has 2 aliphatic heterocycles. The molecule has 0 aromatic heterocycles. The maximum absolute atomic E-state index is 12.3. The van der Waals surface area contributed by atoms with E-state index in [0.717, 1.165) is 6.42 Å². The third kappa shape index (κ3) is 2.80. The van der Waals surface area contributed by atoms with Crippen LogP contribution in [0.25, 0.3) is 0 Å². The molecule has 2 heterocycles. The second-order valence-corrected chi connectivity index (χ2v) is 8.75. The molecule has 6 nitrogen and oxygen atoms in total. The van der Waals surface area contributed by atoms with Gasteiger partial charge in [-0.3, -0.25) is 9.59 Å². The molecule has 2 saturated heterocycles. The Labute approximate surface area is 126 Å². The molecule has 120 valence electrons. The fourth-order valence-corrected chi connectivity index (χ4v) is 5.26. The average molecular weight is 316 g/mol. The van der Waals surface area contributed by atoms with Crippen molar-refractivity contribution in [1.82, 2.24) is 9.80 Å². The van der Waals surface area contributed by atoms with E-state index >= 15 is 0 Å². The fraction of sp³-hybridized carbons (Fsp3) is 0.857. The van der Waals surface area contributed by atoms with Crippen LogP contribution in [0.3, 0.4) is 0 Å². The van der Waals surface area contributed by atoms with E-state index in [1.807, 2.05) is 0 Å². The molecule has 21 heavy (non-hydrogen) atoms. The Morgan fingerprint density at radius 1 is 1.29 bits per heavy atom. The van der Waals surface area contributed by atoms with Crippen molar-refractivity contribution in [2.45, 2.75) is 44.4 Å².